The number of carbonyl (C=O) groups excluding carboxylic acids is 2. The molecule has 5 aliphatic rings. The van der Waals surface area contributed by atoms with E-state index in [0.29, 0.717) is 27.6 Å². The molecular formula is C17H13Cl2NO2. The van der Waals surface area contributed by atoms with Gasteiger partial charge in [0.2, 0.25) is 11.8 Å². The first-order valence-corrected chi connectivity index (χ1v) is 8.34. The van der Waals surface area contributed by atoms with Crippen molar-refractivity contribution in [2.75, 3.05) is 4.90 Å². The second kappa shape index (κ2) is 4.15. The van der Waals surface area contributed by atoms with Crippen LogP contribution in [0.15, 0.2) is 30.4 Å². The van der Waals surface area contributed by atoms with Gasteiger partial charge in [0.25, 0.3) is 0 Å². The van der Waals surface area contributed by atoms with Gasteiger partial charge in [-0.3, -0.25) is 9.59 Å². The monoisotopic (exact) mass is 333 g/mol. The number of anilines is 1. The molecule has 0 spiro atoms. The first kappa shape index (κ1) is 13.1. The van der Waals surface area contributed by atoms with Gasteiger partial charge in [-0.05, 0) is 48.3 Å². The van der Waals surface area contributed by atoms with Crippen molar-refractivity contribution in [3.8, 4) is 0 Å². The topological polar surface area (TPSA) is 37.4 Å². The lowest BCUT2D eigenvalue weighted by molar-refractivity contribution is -0.124. The van der Waals surface area contributed by atoms with Crippen molar-refractivity contribution in [2.45, 2.75) is 6.42 Å². The molecule has 1 saturated heterocycles. The quantitative estimate of drug-likeness (QED) is 0.582. The van der Waals surface area contributed by atoms with Crippen molar-refractivity contribution in [2.24, 2.45) is 35.5 Å². The van der Waals surface area contributed by atoms with Crippen molar-refractivity contribution >= 4 is 40.7 Å². The maximum absolute atomic E-state index is 12.9. The Hall–Kier alpha value is -1.32. The lowest BCUT2D eigenvalue weighted by atomic mass is 9.63. The van der Waals surface area contributed by atoms with Gasteiger partial charge in [0.1, 0.15) is 0 Å². The number of amides is 2. The Balaban J connectivity index is 1.58. The molecule has 1 aromatic carbocycles. The smallest absolute Gasteiger partial charge is 0.238 e. The summed E-state index contributed by atoms with van der Waals surface area (Å²) < 4.78 is 0. The molecule has 6 rings (SSSR count). The zero-order valence-corrected chi connectivity index (χ0v) is 13.1. The standard InChI is InChI=1S/C17H13Cl2NO2/c18-12-4-1-7(5-13(12)19)20-16(21)14-8-2-3-9(11-6-10(8)11)15(14)17(20)22/h1-5,8-11,14-15H,6H2/t8-,9+,10-,11-,14+,15+/m1/s1. The summed E-state index contributed by atoms with van der Waals surface area (Å²) in [5, 5.41) is 0.781. The fraction of sp³-hybridized carbons (Fsp3) is 0.412. The molecule has 0 unspecified atom stereocenters. The van der Waals surface area contributed by atoms with Crippen molar-refractivity contribution in [3.63, 3.8) is 0 Å². The number of hydrogen-bond acceptors (Lipinski definition) is 2. The van der Waals surface area contributed by atoms with Gasteiger partial charge in [0.15, 0.2) is 0 Å². The highest BCUT2D eigenvalue weighted by atomic mass is 35.5. The van der Waals surface area contributed by atoms with Crippen LogP contribution in [0, 0.1) is 35.5 Å². The number of halogens is 2. The molecule has 2 amide bonds. The molecule has 0 N–H and O–H groups in total. The summed E-state index contributed by atoms with van der Waals surface area (Å²) in [6, 6.07) is 4.93. The Labute approximate surface area is 137 Å². The SMILES string of the molecule is O=C1[C@H]2[C@@H]3C=C[C@@H]([C@H]4C[C@H]34)[C@@H]2C(=O)N1c1ccc(Cl)c(Cl)c1. The van der Waals surface area contributed by atoms with Crippen LogP contribution in [0.5, 0.6) is 0 Å². The van der Waals surface area contributed by atoms with Gasteiger partial charge in [0.05, 0.1) is 27.6 Å². The third kappa shape index (κ3) is 1.49. The summed E-state index contributed by atoms with van der Waals surface area (Å²) in [5.74, 6) is 1.20. The normalized spacial score (nSPS) is 40.9. The van der Waals surface area contributed by atoms with Crippen LogP contribution in [0.1, 0.15) is 6.42 Å². The van der Waals surface area contributed by atoms with E-state index in [-0.39, 0.29) is 35.5 Å². The fourth-order valence-corrected chi connectivity index (χ4v) is 5.13. The molecule has 112 valence electrons. The lowest BCUT2D eigenvalue weighted by Gasteiger charge is -2.37. The van der Waals surface area contributed by atoms with E-state index >= 15 is 0 Å². The molecule has 3 nitrogen and oxygen atoms in total. The molecular weight excluding hydrogens is 321 g/mol. The maximum Gasteiger partial charge on any atom is 0.238 e. The van der Waals surface area contributed by atoms with Crippen LogP contribution in [0.3, 0.4) is 0 Å². The predicted octanol–water partition coefficient (Wildman–Crippen LogP) is 3.55. The summed E-state index contributed by atoms with van der Waals surface area (Å²) in [7, 11) is 0. The van der Waals surface area contributed by atoms with E-state index in [1.807, 2.05) is 0 Å². The second-order valence-electron chi connectivity index (χ2n) is 6.76. The number of hydrogen-bond donors (Lipinski definition) is 0. The molecule has 6 atom stereocenters. The van der Waals surface area contributed by atoms with Gasteiger partial charge >= 0.3 is 0 Å². The van der Waals surface area contributed by atoms with Crippen LogP contribution in [0.25, 0.3) is 0 Å². The van der Waals surface area contributed by atoms with E-state index in [1.54, 1.807) is 18.2 Å². The first-order chi connectivity index (χ1) is 10.6. The van der Waals surface area contributed by atoms with E-state index in [9.17, 15) is 9.59 Å². The van der Waals surface area contributed by atoms with Gasteiger partial charge in [-0.1, -0.05) is 35.4 Å². The van der Waals surface area contributed by atoms with Crippen LogP contribution in [0.4, 0.5) is 5.69 Å². The number of imide groups is 1. The largest absolute Gasteiger partial charge is 0.274 e. The van der Waals surface area contributed by atoms with Gasteiger partial charge in [-0.15, -0.1) is 0 Å². The van der Waals surface area contributed by atoms with Crippen LogP contribution in [-0.4, -0.2) is 11.8 Å². The van der Waals surface area contributed by atoms with Crippen LogP contribution in [-0.2, 0) is 9.59 Å². The van der Waals surface area contributed by atoms with Crippen LogP contribution in [0.2, 0.25) is 10.0 Å². The fourth-order valence-electron chi connectivity index (χ4n) is 4.84. The molecule has 0 radical (unpaired) electrons. The predicted molar refractivity (Wildman–Crippen MR) is 83.7 cm³/mol. The molecule has 1 heterocycles. The third-order valence-electron chi connectivity index (χ3n) is 5.82. The third-order valence-corrected chi connectivity index (χ3v) is 6.56. The number of carbonyl (C=O) groups is 2. The van der Waals surface area contributed by atoms with Crippen molar-refractivity contribution in [1.29, 1.82) is 0 Å². The minimum Gasteiger partial charge on any atom is -0.274 e. The average molecular weight is 334 g/mol. The number of nitrogens with zero attached hydrogens (tertiary/aromatic N) is 1. The number of rotatable bonds is 1. The van der Waals surface area contributed by atoms with Crippen molar-refractivity contribution in [3.05, 3.63) is 40.4 Å². The van der Waals surface area contributed by atoms with E-state index < -0.39 is 0 Å². The van der Waals surface area contributed by atoms with Crippen LogP contribution < -0.4 is 4.90 Å². The van der Waals surface area contributed by atoms with Gasteiger partial charge < -0.3 is 0 Å². The molecule has 3 fully saturated rings. The Morgan fingerprint density at radius 3 is 2.05 bits per heavy atom. The Morgan fingerprint density at radius 1 is 0.909 bits per heavy atom. The summed E-state index contributed by atoms with van der Waals surface area (Å²) in [4.78, 5) is 27.1. The number of allylic oxidation sites excluding steroid dienone is 2. The van der Waals surface area contributed by atoms with E-state index in [0.717, 1.165) is 0 Å². The van der Waals surface area contributed by atoms with Gasteiger partial charge in [-0.2, -0.15) is 0 Å². The minimum absolute atomic E-state index is 0.0712. The summed E-state index contributed by atoms with van der Waals surface area (Å²) in [5.41, 5.74) is 0.534. The van der Waals surface area contributed by atoms with Crippen molar-refractivity contribution < 1.29 is 9.59 Å². The summed E-state index contributed by atoms with van der Waals surface area (Å²) >= 11 is 12.0. The zero-order valence-electron chi connectivity index (χ0n) is 11.6. The minimum atomic E-state index is -0.180. The maximum atomic E-state index is 12.9. The zero-order chi connectivity index (χ0) is 15.2. The Bertz CT molecular complexity index is 723. The summed E-state index contributed by atoms with van der Waals surface area (Å²) in [6.07, 6.45) is 5.51. The molecule has 5 heteroatoms. The average Bonchev–Trinajstić information content (AvgIpc) is 3.28. The van der Waals surface area contributed by atoms with Crippen molar-refractivity contribution in [1.82, 2.24) is 0 Å². The molecule has 2 saturated carbocycles. The highest BCUT2D eigenvalue weighted by Crippen LogP contribution is 2.65. The van der Waals surface area contributed by atoms with E-state index in [1.165, 1.54) is 11.3 Å². The molecule has 1 aliphatic heterocycles. The summed E-state index contributed by atoms with van der Waals surface area (Å²) in [6.45, 7) is 0. The van der Waals surface area contributed by atoms with Gasteiger partial charge in [0, 0.05) is 0 Å². The number of benzene rings is 1. The van der Waals surface area contributed by atoms with Gasteiger partial charge in [-0.25, -0.2) is 4.90 Å². The second-order valence-corrected chi connectivity index (χ2v) is 7.58. The molecule has 1 aromatic rings. The van der Waals surface area contributed by atoms with Crippen LogP contribution >= 0.6 is 23.2 Å². The highest BCUT2D eigenvalue weighted by Gasteiger charge is 2.67. The Morgan fingerprint density at radius 2 is 1.50 bits per heavy atom. The van der Waals surface area contributed by atoms with E-state index in [2.05, 4.69) is 12.2 Å². The first-order valence-electron chi connectivity index (χ1n) is 7.59. The molecule has 2 bridgehead atoms. The Kier molecular flexibility index (Phi) is 2.48. The molecule has 4 aliphatic carbocycles. The highest BCUT2D eigenvalue weighted by molar-refractivity contribution is 6.42. The lowest BCUT2D eigenvalue weighted by Crippen LogP contribution is -2.40. The molecule has 22 heavy (non-hydrogen) atoms. The van der Waals surface area contributed by atoms with E-state index in [4.69, 9.17) is 23.2 Å². The molecule has 0 aromatic heterocycles.